The molecule has 0 aliphatic carbocycles. The molecular formula is C32H32KN4O3. The summed E-state index contributed by atoms with van der Waals surface area (Å²) in [7, 11) is 0. The van der Waals surface area contributed by atoms with Crippen LogP contribution < -0.4 is 11.3 Å². The van der Waals surface area contributed by atoms with Crippen LogP contribution in [0, 0.1) is 0 Å². The monoisotopic (exact) mass is 559 g/mol. The van der Waals surface area contributed by atoms with E-state index in [4.69, 9.17) is 9.51 Å². The molecule has 1 radical (unpaired) electrons. The van der Waals surface area contributed by atoms with Gasteiger partial charge in [0.15, 0.2) is 5.82 Å². The fourth-order valence-corrected chi connectivity index (χ4v) is 4.91. The van der Waals surface area contributed by atoms with E-state index >= 15 is 0 Å². The Kier molecular flexibility index (Phi) is 10.6. The first-order valence-corrected chi connectivity index (χ1v) is 13.5. The number of benzene rings is 3. The minimum absolute atomic E-state index is 0. The molecule has 40 heavy (non-hydrogen) atoms. The van der Waals surface area contributed by atoms with Gasteiger partial charge < -0.3 is 0 Å². The van der Waals surface area contributed by atoms with Crippen LogP contribution in [0.3, 0.4) is 0 Å². The number of rotatable bonds is 10. The molecule has 7 nitrogen and oxygen atoms in total. The molecule has 5 aromatic rings. The Morgan fingerprint density at radius 3 is 2.20 bits per heavy atom. The van der Waals surface area contributed by atoms with Gasteiger partial charge in [-0.3, -0.25) is 18.9 Å². The Balaban J connectivity index is 0.00000370. The number of nitrogens with one attached hydrogen (secondary N) is 1. The van der Waals surface area contributed by atoms with E-state index in [0.717, 1.165) is 64.2 Å². The molecule has 1 N–H and O–H groups in total. The van der Waals surface area contributed by atoms with Crippen molar-refractivity contribution in [3.05, 3.63) is 128 Å². The Bertz CT molecular complexity index is 1670. The number of nitrogens with zero attached hydrogens (tertiary/aromatic N) is 3. The molecule has 8 heteroatoms. The van der Waals surface area contributed by atoms with E-state index in [9.17, 15) is 9.59 Å². The molecule has 0 spiro atoms. The van der Waals surface area contributed by atoms with E-state index in [1.165, 1.54) is 0 Å². The van der Waals surface area contributed by atoms with Gasteiger partial charge >= 0.3 is 5.76 Å². The minimum Gasteiger partial charge on any atom is -0.296 e. The van der Waals surface area contributed by atoms with Crippen LogP contribution in [-0.4, -0.2) is 71.1 Å². The van der Waals surface area contributed by atoms with Crippen LogP contribution in [0.2, 0.25) is 0 Å². The van der Waals surface area contributed by atoms with Crippen LogP contribution in [0.5, 0.6) is 0 Å². The second kappa shape index (κ2) is 14.1. The van der Waals surface area contributed by atoms with Crippen molar-refractivity contribution in [2.45, 2.75) is 52.5 Å². The SMILES string of the molecule is CCCCc1nc(CC)n(Cc2ccccc2)c(=O)c1Cc1ccc(-c2ccccc2-c2noc(=O)[nH]2)cc1.[K]. The van der Waals surface area contributed by atoms with Crippen LogP contribution in [0.25, 0.3) is 22.5 Å². The van der Waals surface area contributed by atoms with Crippen molar-refractivity contribution in [2.75, 3.05) is 0 Å². The summed E-state index contributed by atoms with van der Waals surface area (Å²) in [6.45, 7) is 4.72. The van der Waals surface area contributed by atoms with Gasteiger partial charge in [0.1, 0.15) is 5.82 Å². The molecule has 2 heterocycles. The summed E-state index contributed by atoms with van der Waals surface area (Å²) in [5.74, 6) is 0.632. The summed E-state index contributed by atoms with van der Waals surface area (Å²) in [6.07, 6.45) is 4.04. The van der Waals surface area contributed by atoms with Gasteiger partial charge in [0.25, 0.3) is 5.56 Å². The van der Waals surface area contributed by atoms with E-state index in [2.05, 4.69) is 36.1 Å². The van der Waals surface area contributed by atoms with Gasteiger partial charge in [-0.25, -0.2) is 9.78 Å². The number of hydrogen-bond acceptors (Lipinski definition) is 5. The fraction of sp³-hybridized carbons (Fsp3) is 0.250. The van der Waals surface area contributed by atoms with Crippen LogP contribution >= 0.6 is 0 Å². The standard InChI is InChI=1S/C32H32N4O3.K/c1-3-5-15-28-27(31(37)36(29(4-2)33-28)21-23-11-7-6-8-12-23)20-22-16-18-24(19-17-22)25-13-9-10-14-26(25)30-34-32(38)39-35-30;/h6-14,16-19H,3-5,15,20-21H2,1-2H3,(H,34,35,38);. The Hall–Kier alpha value is -2.88. The zero-order chi connectivity index (χ0) is 27.2. The normalized spacial score (nSPS) is 10.8. The molecule has 0 aliphatic rings. The first-order valence-electron chi connectivity index (χ1n) is 13.5. The Morgan fingerprint density at radius 2 is 1.55 bits per heavy atom. The molecule has 0 aliphatic heterocycles. The maximum Gasteiger partial charge on any atom is 0.439 e. The third-order valence-electron chi connectivity index (χ3n) is 6.96. The van der Waals surface area contributed by atoms with E-state index in [1.54, 1.807) is 0 Å². The second-order valence-electron chi connectivity index (χ2n) is 9.65. The first-order chi connectivity index (χ1) is 19.1. The Labute approximate surface area is 276 Å². The summed E-state index contributed by atoms with van der Waals surface area (Å²) in [6, 6.07) is 26.0. The maximum atomic E-state index is 13.9. The van der Waals surface area contributed by atoms with Crippen molar-refractivity contribution >= 4 is 51.4 Å². The van der Waals surface area contributed by atoms with E-state index in [1.807, 2.05) is 71.3 Å². The van der Waals surface area contributed by atoms with E-state index in [0.29, 0.717) is 25.2 Å². The first kappa shape index (κ1) is 30.1. The molecule has 199 valence electrons. The molecule has 0 amide bonds. The third-order valence-corrected chi connectivity index (χ3v) is 6.96. The molecule has 0 fully saturated rings. The maximum absolute atomic E-state index is 13.9. The number of unbranched alkanes of at least 4 members (excludes halogenated alkanes) is 1. The van der Waals surface area contributed by atoms with Crippen molar-refractivity contribution in [2.24, 2.45) is 0 Å². The van der Waals surface area contributed by atoms with Gasteiger partial charge in [-0.15, -0.1) is 0 Å². The third kappa shape index (κ3) is 6.87. The molecule has 0 bridgehead atoms. The number of aromatic amines is 1. The van der Waals surface area contributed by atoms with Crippen LogP contribution in [-0.2, 0) is 25.8 Å². The molecule has 0 saturated carbocycles. The van der Waals surface area contributed by atoms with Gasteiger partial charge in [-0.05, 0) is 35.1 Å². The number of aryl methyl sites for hydroxylation is 2. The van der Waals surface area contributed by atoms with Gasteiger partial charge in [0.05, 0.1) is 12.2 Å². The van der Waals surface area contributed by atoms with Gasteiger partial charge in [-0.1, -0.05) is 104 Å². The molecule has 0 atom stereocenters. The van der Waals surface area contributed by atoms with Gasteiger partial charge in [0.2, 0.25) is 0 Å². The molecule has 3 aromatic carbocycles. The van der Waals surface area contributed by atoms with E-state index < -0.39 is 5.76 Å². The summed E-state index contributed by atoms with van der Waals surface area (Å²) < 4.78 is 6.55. The fourth-order valence-electron chi connectivity index (χ4n) is 4.91. The number of hydrogen-bond donors (Lipinski definition) is 1. The summed E-state index contributed by atoms with van der Waals surface area (Å²) in [4.78, 5) is 33.1. The number of H-pyrrole nitrogens is 1. The topological polar surface area (TPSA) is 93.8 Å². The summed E-state index contributed by atoms with van der Waals surface area (Å²) in [5, 5.41) is 3.85. The molecule has 2 aromatic heterocycles. The average Bonchev–Trinajstić information content (AvgIpc) is 3.41. The predicted molar refractivity (Wildman–Crippen MR) is 159 cm³/mol. The van der Waals surface area contributed by atoms with Crippen molar-refractivity contribution in [1.82, 2.24) is 19.7 Å². The smallest absolute Gasteiger partial charge is 0.296 e. The Morgan fingerprint density at radius 1 is 0.850 bits per heavy atom. The quantitative estimate of drug-likeness (QED) is 0.231. The summed E-state index contributed by atoms with van der Waals surface area (Å²) >= 11 is 0. The van der Waals surface area contributed by atoms with Crippen molar-refractivity contribution in [3.8, 4) is 22.5 Å². The van der Waals surface area contributed by atoms with E-state index in [-0.39, 0.29) is 56.9 Å². The summed E-state index contributed by atoms with van der Waals surface area (Å²) in [5.41, 5.74) is 6.53. The van der Waals surface area contributed by atoms with Crippen molar-refractivity contribution in [3.63, 3.8) is 0 Å². The van der Waals surface area contributed by atoms with Crippen LogP contribution in [0.15, 0.2) is 93.0 Å². The van der Waals surface area contributed by atoms with Gasteiger partial charge in [-0.2, -0.15) is 0 Å². The zero-order valence-corrected chi connectivity index (χ0v) is 26.4. The molecule has 0 unspecified atom stereocenters. The van der Waals surface area contributed by atoms with Crippen molar-refractivity contribution in [1.29, 1.82) is 0 Å². The largest absolute Gasteiger partial charge is 0.439 e. The number of aromatic nitrogens is 4. The molecule has 0 saturated heterocycles. The predicted octanol–water partition coefficient (Wildman–Crippen LogP) is 5.42. The second-order valence-corrected chi connectivity index (χ2v) is 9.65. The van der Waals surface area contributed by atoms with Crippen molar-refractivity contribution < 1.29 is 4.52 Å². The molecule has 5 rings (SSSR count). The van der Waals surface area contributed by atoms with Gasteiger partial charge in [0, 0.05) is 75.4 Å². The molecular weight excluding hydrogens is 527 g/mol. The van der Waals surface area contributed by atoms with Crippen LogP contribution in [0.1, 0.15) is 54.9 Å². The zero-order valence-electron chi connectivity index (χ0n) is 23.3. The average molecular weight is 560 g/mol. The van der Waals surface area contributed by atoms with Crippen LogP contribution in [0.4, 0.5) is 0 Å². The minimum atomic E-state index is -0.588.